The lowest BCUT2D eigenvalue weighted by atomic mass is 10.2. The van der Waals surface area contributed by atoms with E-state index in [2.05, 4.69) is 9.88 Å². The number of hydrogen-bond donors (Lipinski definition) is 2. The van der Waals surface area contributed by atoms with Crippen molar-refractivity contribution in [3.8, 4) is 0 Å². The highest BCUT2D eigenvalue weighted by Gasteiger charge is 2.28. The molecule has 1 saturated heterocycles. The van der Waals surface area contributed by atoms with Crippen LogP contribution in [0.4, 0.5) is 4.39 Å². The second-order valence-corrected chi connectivity index (χ2v) is 8.04. The van der Waals surface area contributed by atoms with E-state index in [9.17, 15) is 12.8 Å². The van der Waals surface area contributed by atoms with Gasteiger partial charge in [0.05, 0.1) is 4.90 Å². The minimum Gasteiger partial charge on any atom is -0.473 e. The molecule has 0 unspecified atom stereocenters. The zero-order valence-electron chi connectivity index (χ0n) is 15.3. The number of carboxylic acids is 2. The van der Waals surface area contributed by atoms with Crippen LogP contribution in [0.25, 0.3) is 0 Å². The van der Waals surface area contributed by atoms with Gasteiger partial charge in [-0.25, -0.2) is 22.4 Å². The summed E-state index contributed by atoms with van der Waals surface area (Å²) < 4.78 is 39.5. The maximum Gasteiger partial charge on any atom is 0.414 e. The number of rotatable bonds is 4. The van der Waals surface area contributed by atoms with Crippen molar-refractivity contribution in [2.45, 2.75) is 11.4 Å². The Bertz CT molecular complexity index is 918. The average molecular weight is 425 g/mol. The fourth-order valence-corrected chi connectivity index (χ4v) is 4.05. The van der Waals surface area contributed by atoms with Gasteiger partial charge in [-0.2, -0.15) is 4.31 Å². The molecule has 9 nitrogen and oxygen atoms in total. The number of benzene rings is 1. The molecular weight excluding hydrogens is 405 g/mol. The summed E-state index contributed by atoms with van der Waals surface area (Å²) in [5.41, 5.74) is 1.16. The van der Waals surface area contributed by atoms with Gasteiger partial charge in [0.25, 0.3) is 0 Å². The molecular formula is C18H20FN3O6S. The predicted molar refractivity (Wildman–Crippen MR) is 99.9 cm³/mol. The van der Waals surface area contributed by atoms with E-state index in [0.29, 0.717) is 26.2 Å². The monoisotopic (exact) mass is 425 g/mol. The lowest BCUT2D eigenvalue weighted by Crippen LogP contribution is -2.48. The van der Waals surface area contributed by atoms with E-state index in [1.807, 2.05) is 12.1 Å². The molecule has 1 fully saturated rings. The van der Waals surface area contributed by atoms with Crippen LogP contribution >= 0.6 is 0 Å². The number of carbonyl (C=O) groups is 2. The Morgan fingerprint density at radius 2 is 1.45 bits per heavy atom. The molecule has 0 radical (unpaired) electrons. The first kappa shape index (κ1) is 22.4. The molecule has 1 aliphatic rings. The fraction of sp³-hybridized carbons (Fsp3) is 0.278. The van der Waals surface area contributed by atoms with Crippen LogP contribution in [-0.4, -0.2) is 70.9 Å². The molecule has 0 spiro atoms. The summed E-state index contributed by atoms with van der Waals surface area (Å²) in [6.45, 7) is 2.99. The smallest absolute Gasteiger partial charge is 0.414 e. The molecule has 3 rings (SSSR count). The number of aliphatic carboxylic acids is 2. The lowest BCUT2D eigenvalue weighted by Gasteiger charge is -2.34. The molecule has 1 aliphatic heterocycles. The van der Waals surface area contributed by atoms with Crippen LogP contribution in [-0.2, 0) is 26.2 Å². The first-order chi connectivity index (χ1) is 13.7. The van der Waals surface area contributed by atoms with Crippen LogP contribution in [0.5, 0.6) is 0 Å². The zero-order chi connectivity index (χ0) is 21.4. The van der Waals surface area contributed by atoms with Gasteiger partial charge in [-0.1, -0.05) is 0 Å². The van der Waals surface area contributed by atoms with E-state index in [1.165, 1.54) is 28.6 Å². The van der Waals surface area contributed by atoms with Gasteiger partial charge in [-0.3, -0.25) is 9.88 Å². The third-order valence-electron chi connectivity index (χ3n) is 4.12. The van der Waals surface area contributed by atoms with Gasteiger partial charge in [0, 0.05) is 45.1 Å². The maximum absolute atomic E-state index is 13.0. The van der Waals surface area contributed by atoms with E-state index in [1.54, 1.807) is 12.4 Å². The Balaban J connectivity index is 0.000000438. The van der Waals surface area contributed by atoms with Gasteiger partial charge in [0.1, 0.15) is 5.82 Å². The van der Waals surface area contributed by atoms with E-state index in [0.717, 1.165) is 12.1 Å². The van der Waals surface area contributed by atoms with Gasteiger partial charge < -0.3 is 10.2 Å². The second kappa shape index (κ2) is 10.0. The first-order valence-electron chi connectivity index (χ1n) is 8.53. The summed E-state index contributed by atoms with van der Waals surface area (Å²) >= 11 is 0. The summed E-state index contributed by atoms with van der Waals surface area (Å²) in [6, 6.07) is 8.89. The molecule has 0 atom stereocenters. The van der Waals surface area contributed by atoms with E-state index >= 15 is 0 Å². The van der Waals surface area contributed by atoms with Gasteiger partial charge in [0.15, 0.2) is 0 Å². The molecule has 2 aromatic rings. The number of carboxylic acid groups (broad SMARTS) is 2. The Kier molecular flexibility index (Phi) is 7.76. The Morgan fingerprint density at radius 1 is 0.931 bits per heavy atom. The molecule has 1 aromatic carbocycles. The third-order valence-corrected chi connectivity index (χ3v) is 6.03. The second-order valence-electron chi connectivity index (χ2n) is 6.10. The highest BCUT2D eigenvalue weighted by Crippen LogP contribution is 2.18. The molecule has 0 amide bonds. The summed E-state index contributed by atoms with van der Waals surface area (Å²) in [4.78, 5) is 24.5. The van der Waals surface area contributed by atoms with Crippen LogP contribution < -0.4 is 0 Å². The number of halogens is 1. The van der Waals surface area contributed by atoms with Gasteiger partial charge in [-0.15, -0.1) is 0 Å². The summed E-state index contributed by atoms with van der Waals surface area (Å²) in [5, 5.41) is 14.8. The van der Waals surface area contributed by atoms with Gasteiger partial charge >= 0.3 is 11.9 Å². The van der Waals surface area contributed by atoms with Crippen molar-refractivity contribution in [3.05, 3.63) is 60.2 Å². The molecule has 0 aliphatic carbocycles. The fourth-order valence-electron chi connectivity index (χ4n) is 2.63. The summed E-state index contributed by atoms with van der Waals surface area (Å²) in [7, 11) is -3.55. The van der Waals surface area contributed by atoms with Crippen LogP contribution in [0.3, 0.4) is 0 Å². The summed E-state index contributed by atoms with van der Waals surface area (Å²) in [5.74, 6) is -4.09. The van der Waals surface area contributed by atoms with Crippen molar-refractivity contribution in [2.24, 2.45) is 0 Å². The SMILES string of the molecule is O=C(O)C(=O)O.O=S(=O)(c1ccc(F)cc1)N1CCN(Cc2ccncc2)CC1. The lowest BCUT2D eigenvalue weighted by molar-refractivity contribution is -0.159. The van der Waals surface area contributed by atoms with Crippen LogP contribution in [0.15, 0.2) is 53.7 Å². The maximum atomic E-state index is 13.0. The average Bonchev–Trinajstić information content (AvgIpc) is 2.70. The Morgan fingerprint density at radius 3 is 1.93 bits per heavy atom. The first-order valence-corrected chi connectivity index (χ1v) is 9.97. The Hall–Kier alpha value is -2.89. The van der Waals surface area contributed by atoms with E-state index < -0.39 is 27.8 Å². The topological polar surface area (TPSA) is 128 Å². The highest BCUT2D eigenvalue weighted by molar-refractivity contribution is 7.89. The van der Waals surface area contributed by atoms with Crippen molar-refractivity contribution < 1.29 is 32.6 Å². The largest absolute Gasteiger partial charge is 0.473 e. The number of pyridine rings is 1. The van der Waals surface area contributed by atoms with Crippen molar-refractivity contribution >= 4 is 22.0 Å². The van der Waals surface area contributed by atoms with Crippen LogP contribution in [0.1, 0.15) is 5.56 Å². The third kappa shape index (κ3) is 6.59. The van der Waals surface area contributed by atoms with Crippen molar-refractivity contribution in [1.29, 1.82) is 0 Å². The standard InChI is InChI=1S/C16H18FN3O2S.C2H2O4/c17-15-1-3-16(4-2-15)23(21,22)20-11-9-19(10-12-20)13-14-5-7-18-8-6-14;3-1(4)2(5)6/h1-8H,9-13H2;(H,3,4)(H,5,6). The number of nitrogens with zero attached hydrogens (tertiary/aromatic N) is 3. The number of sulfonamides is 1. The van der Waals surface area contributed by atoms with Crippen LogP contribution in [0, 0.1) is 5.82 Å². The van der Waals surface area contributed by atoms with Crippen molar-refractivity contribution in [3.63, 3.8) is 0 Å². The minimum atomic E-state index is -3.55. The predicted octanol–water partition coefficient (Wildman–Crippen LogP) is 0.883. The number of hydrogen-bond acceptors (Lipinski definition) is 6. The molecule has 11 heteroatoms. The quantitative estimate of drug-likeness (QED) is 0.691. The molecule has 0 saturated carbocycles. The highest BCUT2D eigenvalue weighted by atomic mass is 32.2. The molecule has 2 heterocycles. The molecule has 2 N–H and O–H groups in total. The zero-order valence-corrected chi connectivity index (χ0v) is 16.1. The molecule has 1 aromatic heterocycles. The normalized spacial score (nSPS) is 15.2. The number of piperazine rings is 1. The van der Waals surface area contributed by atoms with Gasteiger partial charge in [-0.05, 0) is 42.0 Å². The number of aromatic nitrogens is 1. The van der Waals surface area contributed by atoms with E-state index in [-0.39, 0.29) is 4.90 Å². The molecule has 29 heavy (non-hydrogen) atoms. The van der Waals surface area contributed by atoms with E-state index in [4.69, 9.17) is 19.8 Å². The van der Waals surface area contributed by atoms with Crippen LogP contribution in [0.2, 0.25) is 0 Å². The summed E-state index contributed by atoms with van der Waals surface area (Å²) in [6.07, 6.45) is 3.51. The van der Waals surface area contributed by atoms with Crippen molar-refractivity contribution in [2.75, 3.05) is 26.2 Å². The van der Waals surface area contributed by atoms with Gasteiger partial charge in [0.2, 0.25) is 10.0 Å². The molecule has 0 bridgehead atoms. The Labute approximate surface area is 167 Å². The molecule has 156 valence electrons. The minimum absolute atomic E-state index is 0.140. The van der Waals surface area contributed by atoms with Crippen molar-refractivity contribution in [1.82, 2.24) is 14.2 Å².